The van der Waals surface area contributed by atoms with E-state index in [1.165, 1.54) is 0 Å². The van der Waals surface area contributed by atoms with Gasteiger partial charge in [0.15, 0.2) is 0 Å². The number of nitrogen functional groups attached to an aromatic ring is 1. The first kappa shape index (κ1) is 17.7. The summed E-state index contributed by atoms with van der Waals surface area (Å²) in [5.41, 5.74) is 10.1. The number of carbonyl (C=O) groups is 2. The molecule has 3 N–H and O–H groups in total. The Morgan fingerprint density at radius 1 is 1.07 bits per heavy atom. The SMILES string of the molecule is Nc1ccccc1C(=O)Nc1ccc2c(c1)CCN2C(=O)Cc1ccccn1. The number of carbonyl (C=O) groups excluding carboxylic acids is 2. The average molecular weight is 372 g/mol. The minimum atomic E-state index is -0.251. The molecule has 0 atom stereocenters. The molecule has 6 heteroatoms. The van der Waals surface area contributed by atoms with E-state index in [1.807, 2.05) is 36.4 Å². The fourth-order valence-corrected chi connectivity index (χ4v) is 3.39. The Kier molecular flexibility index (Phi) is 4.76. The number of fused-ring (bicyclic) bond motifs is 1. The molecule has 140 valence electrons. The highest BCUT2D eigenvalue weighted by Gasteiger charge is 2.25. The molecule has 2 aromatic carbocycles. The second kappa shape index (κ2) is 7.52. The van der Waals surface area contributed by atoms with Crippen molar-refractivity contribution in [3.8, 4) is 0 Å². The largest absolute Gasteiger partial charge is 0.398 e. The van der Waals surface area contributed by atoms with Gasteiger partial charge in [0.05, 0.1) is 12.0 Å². The van der Waals surface area contributed by atoms with Crippen molar-refractivity contribution < 1.29 is 9.59 Å². The summed E-state index contributed by atoms with van der Waals surface area (Å²) in [7, 11) is 0. The predicted molar refractivity (Wildman–Crippen MR) is 109 cm³/mol. The number of rotatable bonds is 4. The highest BCUT2D eigenvalue weighted by molar-refractivity contribution is 6.08. The highest BCUT2D eigenvalue weighted by atomic mass is 16.2. The summed E-state index contributed by atoms with van der Waals surface area (Å²) in [6.07, 6.45) is 2.71. The lowest BCUT2D eigenvalue weighted by atomic mass is 10.1. The van der Waals surface area contributed by atoms with Crippen LogP contribution in [0.4, 0.5) is 17.1 Å². The van der Waals surface area contributed by atoms with Crippen molar-refractivity contribution in [2.75, 3.05) is 22.5 Å². The zero-order chi connectivity index (χ0) is 19.5. The molecule has 0 saturated heterocycles. The number of nitrogens with zero attached hydrogens (tertiary/aromatic N) is 2. The monoisotopic (exact) mass is 372 g/mol. The third-order valence-electron chi connectivity index (χ3n) is 4.80. The lowest BCUT2D eigenvalue weighted by molar-refractivity contribution is -0.117. The van der Waals surface area contributed by atoms with Gasteiger partial charge in [0.2, 0.25) is 5.91 Å². The number of benzene rings is 2. The van der Waals surface area contributed by atoms with Crippen molar-refractivity contribution in [3.05, 3.63) is 83.7 Å². The summed E-state index contributed by atoms with van der Waals surface area (Å²) in [5.74, 6) is -0.231. The Labute approximate surface area is 163 Å². The van der Waals surface area contributed by atoms with Gasteiger partial charge in [0.25, 0.3) is 5.91 Å². The minimum absolute atomic E-state index is 0.0197. The van der Waals surface area contributed by atoms with E-state index in [0.29, 0.717) is 23.5 Å². The summed E-state index contributed by atoms with van der Waals surface area (Å²) in [5, 5.41) is 2.88. The average Bonchev–Trinajstić information content (AvgIpc) is 3.12. The molecule has 0 aliphatic carbocycles. The van der Waals surface area contributed by atoms with Crippen LogP contribution in [0.2, 0.25) is 0 Å². The topological polar surface area (TPSA) is 88.3 Å². The van der Waals surface area contributed by atoms with Gasteiger partial charge < -0.3 is 16.0 Å². The van der Waals surface area contributed by atoms with E-state index in [9.17, 15) is 9.59 Å². The maximum atomic E-state index is 12.7. The van der Waals surface area contributed by atoms with Crippen molar-refractivity contribution in [3.63, 3.8) is 0 Å². The van der Waals surface area contributed by atoms with Gasteiger partial charge in [0.1, 0.15) is 0 Å². The van der Waals surface area contributed by atoms with E-state index in [2.05, 4.69) is 10.3 Å². The standard InChI is InChI=1S/C22H20N4O2/c23-19-7-2-1-6-18(19)22(28)25-17-8-9-20-15(13-17)10-12-26(20)21(27)14-16-5-3-4-11-24-16/h1-9,11,13H,10,12,14,23H2,(H,25,28). The van der Waals surface area contributed by atoms with Crippen molar-refractivity contribution in [2.45, 2.75) is 12.8 Å². The first-order valence-corrected chi connectivity index (χ1v) is 9.11. The maximum absolute atomic E-state index is 12.7. The van der Waals surface area contributed by atoms with Gasteiger partial charge in [-0.2, -0.15) is 0 Å². The zero-order valence-corrected chi connectivity index (χ0v) is 15.3. The van der Waals surface area contributed by atoms with Crippen molar-refractivity contribution in [2.24, 2.45) is 0 Å². The number of anilines is 3. The van der Waals surface area contributed by atoms with Crippen molar-refractivity contribution >= 4 is 28.9 Å². The van der Waals surface area contributed by atoms with E-state index in [1.54, 1.807) is 35.4 Å². The minimum Gasteiger partial charge on any atom is -0.398 e. The van der Waals surface area contributed by atoms with Gasteiger partial charge in [-0.1, -0.05) is 18.2 Å². The van der Waals surface area contributed by atoms with Crippen molar-refractivity contribution in [1.29, 1.82) is 0 Å². The summed E-state index contributed by atoms with van der Waals surface area (Å²) in [4.78, 5) is 31.1. The van der Waals surface area contributed by atoms with Crippen LogP contribution in [0.15, 0.2) is 66.9 Å². The molecule has 1 aliphatic rings. The van der Waals surface area contributed by atoms with E-state index in [4.69, 9.17) is 5.73 Å². The molecule has 1 aliphatic heterocycles. The molecule has 0 spiro atoms. The van der Waals surface area contributed by atoms with Gasteiger partial charge in [-0.15, -0.1) is 0 Å². The Morgan fingerprint density at radius 3 is 2.68 bits per heavy atom. The third-order valence-corrected chi connectivity index (χ3v) is 4.80. The molecule has 0 fully saturated rings. The van der Waals surface area contributed by atoms with Gasteiger partial charge >= 0.3 is 0 Å². The second-order valence-corrected chi connectivity index (χ2v) is 6.68. The number of hydrogen-bond acceptors (Lipinski definition) is 4. The number of hydrogen-bond donors (Lipinski definition) is 2. The van der Waals surface area contributed by atoms with Gasteiger partial charge in [-0.3, -0.25) is 14.6 Å². The van der Waals surface area contributed by atoms with Crippen LogP contribution in [-0.4, -0.2) is 23.3 Å². The van der Waals surface area contributed by atoms with Crippen LogP contribution < -0.4 is 16.0 Å². The summed E-state index contributed by atoms with van der Waals surface area (Å²) in [6, 6.07) is 18.1. The van der Waals surface area contributed by atoms with E-state index >= 15 is 0 Å². The number of nitrogens with two attached hydrogens (primary N) is 1. The molecule has 6 nitrogen and oxygen atoms in total. The Morgan fingerprint density at radius 2 is 1.89 bits per heavy atom. The van der Waals surface area contributed by atoms with Crippen LogP contribution in [0.1, 0.15) is 21.6 Å². The Hall–Kier alpha value is -3.67. The molecule has 4 rings (SSSR count). The Bertz CT molecular complexity index is 1030. The zero-order valence-electron chi connectivity index (χ0n) is 15.3. The molecule has 28 heavy (non-hydrogen) atoms. The van der Waals surface area contributed by atoms with Gasteiger partial charge in [-0.05, 0) is 54.4 Å². The number of pyridine rings is 1. The predicted octanol–water partition coefficient (Wildman–Crippen LogP) is 3.05. The molecule has 0 unspecified atom stereocenters. The number of aromatic nitrogens is 1. The number of nitrogens with one attached hydrogen (secondary N) is 1. The van der Waals surface area contributed by atoms with Crippen LogP contribution in [0.3, 0.4) is 0 Å². The second-order valence-electron chi connectivity index (χ2n) is 6.68. The van der Waals surface area contributed by atoms with E-state index in [0.717, 1.165) is 23.4 Å². The fourth-order valence-electron chi connectivity index (χ4n) is 3.39. The van der Waals surface area contributed by atoms with Gasteiger partial charge in [-0.25, -0.2) is 0 Å². The molecular formula is C22H20N4O2. The lowest BCUT2D eigenvalue weighted by Gasteiger charge is -2.17. The van der Waals surface area contributed by atoms with Crippen LogP contribution in [-0.2, 0) is 17.6 Å². The van der Waals surface area contributed by atoms with Gasteiger partial charge in [0, 0.05) is 35.5 Å². The van der Waals surface area contributed by atoms with E-state index in [-0.39, 0.29) is 18.2 Å². The molecule has 0 bridgehead atoms. The fraction of sp³-hybridized carbons (Fsp3) is 0.136. The molecule has 0 radical (unpaired) electrons. The molecular weight excluding hydrogens is 352 g/mol. The number of para-hydroxylation sites is 1. The number of amides is 2. The lowest BCUT2D eigenvalue weighted by Crippen LogP contribution is -2.30. The van der Waals surface area contributed by atoms with Crippen LogP contribution >= 0.6 is 0 Å². The third kappa shape index (κ3) is 3.57. The highest BCUT2D eigenvalue weighted by Crippen LogP contribution is 2.31. The van der Waals surface area contributed by atoms with Crippen LogP contribution in [0, 0.1) is 0 Å². The van der Waals surface area contributed by atoms with Crippen LogP contribution in [0.25, 0.3) is 0 Å². The Balaban J connectivity index is 1.48. The first-order valence-electron chi connectivity index (χ1n) is 9.11. The van der Waals surface area contributed by atoms with E-state index < -0.39 is 0 Å². The molecule has 3 aromatic rings. The maximum Gasteiger partial charge on any atom is 0.257 e. The molecule has 2 heterocycles. The summed E-state index contributed by atoms with van der Waals surface area (Å²) >= 11 is 0. The van der Waals surface area contributed by atoms with Crippen LogP contribution in [0.5, 0.6) is 0 Å². The molecule has 1 aromatic heterocycles. The normalized spacial score (nSPS) is 12.5. The molecule has 2 amide bonds. The molecule has 0 saturated carbocycles. The smallest absolute Gasteiger partial charge is 0.257 e. The summed E-state index contributed by atoms with van der Waals surface area (Å²) in [6.45, 7) is 0.629. The quantitative estimate of drug-likeness (QED) is 0.689. The first-order chi connectivity index (χ1) is 13.6. The summed E-state index contributed by atoms with van der Waals surface area (Å²) < 4.78 is 0. The van der Waals surface area contributed by atoms with Crippen molar-refractivity contribution in [1.82, 2.24) is 4.98 Å².